The second kappa shape index (κ2) is 8.90. The molecule has 0 saturated heterocycles. The number of aromatic nitrogens is 3. The van der Waals surface area contributed by atoms with Crippen LogP contribution in [0.5, 0.6) is 0 Å². The fourth-order valence-electron chi connectivity index (χ4n) is 3.93. The van der Waals surface area contributed by atoms with Crippen LogP contribution in [0.2, 0.25) is 0 Å². The molecule has 0 aliphatic carbocycles. The number of hydrogen-bond acceptors (Lipinski definition) is 3. The fraction of sp³-hybridized carbons (Fsp3) is 0.348. The van der Waals surface area contributed by atoms with Crippen molar-refractivity contribution in [2.24, 2.45) is 0 Å². The molecule has 0 fully saturated rings. The number of benzene rings is 2. The van der Waals surface area contributed by atoms with E-state index in [1.54, 1.807) is 4.57 Å². The Kier molecular flexibility index (Phi) is 5.89. The van der Waals surface area contributed by atoms with Crippen LogP contribution in [0.25, 0.3) is 0 Å². The average molecular weight is 390 g/mol. The maximum absolute atomic E-state index is 12.6. The van der Waals surface area contributed by atoms with Gasteiger partial charge in [0.2, 0.25) is 5.91 Å². The second-order valence-electron chi connectivity index (χ2n) is 7.50. The second-order valence-corrected chi connectivity index (χ2v) is 7.50. The van der Waals surface area contributed by atoms with Crippen LogP contribution in [-0.4, -0.2) is 26.8 Å². The molecule has 0 radical (unpaired) electrons. The van der Waals surface area contributed by atoms with E-state index in [0.717, 1.165) is 42.6 Å². The zero-order valence-electron chi connectivity index (χ0n) is 16.5. The Bertz CT molecular complexity index is 969. The third kappa shape index (κ3) is 4.47. The molecule has 2 aromatic carbocycles. The van der Waals surface area contributed by atoms with Gasteiger partial charge in [0.15, 0.2) is 0 Å². The Morgan fingerprint density at radius 1 is 0.966 bits per heavy atom. The van der Waals surface area contributed by atoms with Gasteiger partial charge in [-0.15, -0.1) is 0 Å². The largest absolute Gasteiger partial charge is 0.354 e. The van der Waals surface area contributed by atoms with Crippen molar-refractivity contribution < 1.29 is 4.79 Å². The normalized spacial score (nSPS) is 13.7. The molecule has 1 aliphatic heterocycles. The van der Waals surface area contributed by atoms with Crippen LogP contribution >= 0.6 is 0 Å². The number of carbonyl (C=O) groups excluding carboxylic acids is 1. The smallest absolute Gasteiger partial charge is 0.346 e. The standard InChI is InChI=1S/C23H26N4O2/c28-22(17-27-23(29)26-15-9-3-8-14-21(26)25-27)24-16-20(18-10-4-1-5-11-18)19-12-6-2-7-13-19/h1-2,4-7,10-13,20H,3,8-9,14-17H2,(H,24,28). The van der Waals surface area contributed by atoms with Crippen LogP contribution < -0.4 is 11.0 Å². The number of hydrogen-bond donors (Lipinski definition) is 1. The molecule has 0 saturated carbocycles. The highest BCUT2D eigenvalue weighted by atomic mass is 16.2. The third-order valence-corrected chi connectivity index (χ3v) is 5.48. The predicted molar refractivity (Wildman–Crippen MR) is 112 cm³/mol. The monoisotopic (exact) mass is 390 g/mol. The molecule has 0 unspecified atom stereocenters. The minimum Gasteiger partial charge on any atom is -0.354 e. The van der Waals surface area contributed by atoms with Crippen molar-refractivity contribution in [3.05, 3.63) is 88.1 Å². The van der Waals surface area contributed by atoms with Gasteiger partial charge in [-0.25, -0.2) is 9.48 Å². The van der Waals surface area contributed by atoms with E-state index in [-0.39, 0.29) is 24.1 Å². The van der Waals surface area contributed by atoms with E-state index in [0.29, 0.717) is 13.1 Å². The number of aryl methyl sites for hydroxylation is 1. The van der Waals surface area contributed by atoms with Crippen molar-refractivity contribution in [3.63, 3.8) is 0 Å². The average Bonchev–Trinajstić information content (AvgIpc) is 2.91. The number of rotatable bonds is 6. The molecular weight excluding hydrogens is 364 g/mol. The number of carbonyl (C=O) groups is 1. The van der Waals surface area contributed by atoms with Crippen molar-refractivity contribution in [1.29, 1.82) is 0 Å². The van der Waals surface area contributed by atoms with Gasteiger partial charge in [-0.2, -0.15) is 5.10 Å². The molecule has 2 heterocycles. The Balaban J connectivity index is 1.46. The fourth-order valence-corrected chi connectivity index (χ4v) is 3.93. The van der Waals surface area contributed by atoms with Gasteiger partial charge in [0.1, 0.15) is 12.4 Å². The van der Waals surface area contributed by atoms with Crippen molar-refractivity contribution in [3.8, 4) is 0 Å². The molecule has 1 N–H and O–H groups in total. The van der Waals surface area contributed by atoms with Crippen molar-refractivity contribution in [1.82, 2.24) is 19.7 Å². The van der Waals surface area contributed by atoms with E-state index in [1.165, 1.54) is 4.68 Å². The van der Waals surface area contributed by atoms with Gasteiger partial charge in [0, 0.05) is 25.4 Å². The summed E-state index contributed by atoms with van der Waals surface area (Å²) in [5.74, 6) is 0.653. The minimum absolute atomic E-state index is 0.0465. The van der Waals surface area contributed by atoms with Gasteiger partial charge in [0.25, 0.3) is 0 Å². The molecule has 0 spiro atoms. The molecule has 6 heteroatoms. The first kappa shape index (κ1) is 19.2. The Labute approximate surface area is 170 Å². The van der Waals surface area contributed by atoms with E-state index in [1.807, 2.05) is 36.4 Å². The number of fused-ring (bicyclic) bond motifs is 1. The molecule has 6 nitrogen and oxygen atoms in total. The molecule has 0 atom stereocenters. The summed E-state index contributed by atoms with van der Waals surface area (Å²) in [6.45, 7) is 1.12. The van der Waals surface area contributed by atoms with Crippen LogP contribution in [-0.2, 0) is 24.3 Å². The van der Waals surface area contributed by atoms with Gasteiger partial charge >= 0.3 is 5.69 Å². The number of nitrogens with zero attached hydrogens (tertiary/aromatic N) is 3. The molecule has 4 rings (SSSR count). The van der Waals surface area contributed by atoms with Gasteiger partial charge < -0.3 is 5.32 Å². The zero-order chi connectivity index (χ0) is 20.1. The molecular formula is C23H26N4O2. The summed E-state index contributed by atoms with van der Waals surface area (Å²) in [4.78, 5) is 25.2. The SMILES string of the molecule is O=C(Cn1nc2n(c1=O)CCCCC2)NCC(c1ccccc1)c1ccccc1. The highest BCUT2D eigenvalue weighted by Crippen LogP contribution is 2.23. The predicted octanol–water partition coefficient (Wildman–Crippen LogP) is 2.72. The number of amides is 1. The lowest BCUT2D eigenvalue weighted by Gasteiger charge is -2.18. The lowest BCUT2D eigenvalue weighted by molar-refractivity contribution is -0.121. The van der Waals surface area contributed by atoms with Gasteiger partial charge in [0.05, 0.1) is 0 Å². The zero-order valence-corrected chi connectivity index (χ0v) is 16.5. The quantitative estimate of drug-likeness (QED) is 0.704. The highest BCUT2D eigenvalue weighted by Gasteiger charge is 2.19. The molecule has 150 valence electrons. The lowest BCUT2D eigenvalue weighted by atomic mass is 9.91. The molecule has 1 aliphatic rings. The van der Waals surface area contributed by atoms with E-state index >= 15 is 0 Å². The molecule has 3 aromatic rings. The summed E-state index contributed by atoms with van der Waals surface area (Å²) in [6.07, 6.45) is 3.94. The summed E-state index contributed by atoms with van der Waals surface area (Å²) in [6, 6.07) is 20.3. The maximum Gasteiger partial charge on any atom is 0.346 e. The molecule has 29 heavy (non-hydrogen) atoms. The summed E-state index contributed by atoms with van der Waals surface area (Å²) in [5, 5.41) is 7.40. The Hall–Kier alpha value is -3.15. The highest BCUT2D eigenvalue weighted by molar-refractivity contribution is 5.75. The third-order valence-electron chi connectivity index (χ3n) is 5.48. The Morgan fingerprint density at radius 2 is 1.62 bits per heavy atom. The first-order chi connectivity index (χ1) is 14.2. The molecule has 0 bridgehead atoms. The van der Waals surface area contributed by atoms with Crippen LogP contribution in [0.15, 0.2) is 65.5 Å². The minimum atomic E-state index is -0.197. The topological polar surface area (TPSA) is 68.9 Å². The summed E-state index contributed by atoms with van der Waals surface area (Å²) >= 11 is 0. The van der Waals surface area contributed by atoms with Crippen LogP contribution in [0.1, 0.15) is 42.1 Å². The van der Waals surface area contributed by atoms with Crippen molar-refractivity contribution >= 4 is 5.91 Å². The van der Waals surface area contributed by atoms with Gasteiger partial charge in [-0.3, -0.25) is 9.36 Å². The van der Waals surface area contributed by atoms with Crippen molar-refractivity contribution in [2.45, 2.75) is 44.7 Å². The van der Waals surface area contributed by atoms with Gasteiger partial charge in [-0.1, -0.05) is 67.1 Å². The first-order valence-corrected chi connectivity index (χ1v) is 10.3. The van der Waals surface area contributed by atoms with Crippen molar-refractivity contribution in [2.75, 3.05) is 6.54 Å². The van der Waals surface area contributed by atoms with E-state index < -0.39 is 0 Å². The summed E-state index contributed by atoms with van der Waals surface area (Å²) in [5.41, 5.74) is 2.11. The van der Waals surface area contributed by atoms with E-state index in [4.69, 9.17) is 0 Å². The Morgan fingerprint density at radius 3 is 2.28 bits per heavy atom. The van der Waals surface area contributed by atoms with E-state index in [2.05, 4.69) is 34.7 Å². The summed E-state index contributed by atoms with van der Waals surface area (Å²) < 4.78 is 3.02. The van der Waals surface area contributed by atoms with E-state index in [9.17, 15) is 9.59 Å². The maximum atomic E-state index is 12.6. The van der Waals surface area contributed by atoms with Gasteiger partial charge in [-0.05, 0) is 24.0 Å². The molecule has 1 amide bonds. The lowest BCUT2D eigenvalue weighted by Crippen LogP contribution is -2.35. The van der Waals surface area contributed by atoms with Crippen LogP contribution in [0.3, 0.4) is 0 Å². The van der Waals surface area contributed by atoms with Crippen LogP contribution in [0.4, 0.5) is 0 Å². The first-order valence-electron chi connectivity index (χ1n) is 10.3. The molecule has 1 aromatic heterocycles. The number of nitrogens with one attached hydrogen (secondary N) is 1. The van der Waals surface area contributed by atoms with Crippen LogP contribution in [0, 0.1) is 0 Å². The summed E-state index contributed by atoms with van der Waals surface area (Å²) in [7, 11) is 0.